The van der Waals surface area contributed by atoms with E-state index in [1.807, 2.05) is 0 Å². The van der Waals surface area contributed by atoms with Gasteiger partial charge < -0.3 is 10.1 Å². The summed E-state index contributed by atoms with van der Waals surface area (Å²) in [6.07, 6.45) is 2.69. The van der Waals surface area contributed by atoms with Gasteiger partial charge in [0, 0.05) is 11.9 Å². The third-order valence-corrected chi connectivity index (χ3v) is 2.43. The molecule has 1 N–H and O–H groups in total. The molecule has 0 saturated heterocycles. The number of carbonyl (C=O) groups is 2. The molecule has 0 atom stereocenters. The Morgan fingerprint density at radius 3 is 2.76 bits per heavy atom. The number of aryl methyl sites for hydroxylation is 1. The summed E-state index contributed by atoms with van der Waals surface area (Å²) in [5.74, 6) is -1.80. The number of anilines is 1. The quantitative estimate of drug-likeness (QED) is 0.867. The molecule has 0 spiro atoms. The molecule has 0 unspecified atom stereocenters. The molecule has 0 aliphatic carbocycles. The molecule has 1 aromatic carbocycles. The highest BCUT2D eigenvalue weighted by molar-refractivity contribution is 5.94. The van der Waals surface area contributed by atoms with Crippen molar-refractivity contribution in [2.45, 2.75) is 6.92 Å². The monoisotopic (exact) mass is 289 g/mol. The standard InChI is InChI=1S/C14H12FN3O3/c1-9-6-17-12(7-16-9)14(20)21-8-13(19)18-11-4-2-3-10(15)5-11/h2-7H,8H2,1H3,(H,18,19). The maximum atomic E-state index is 12.9. The number of rotatable bonds is 4. The van der Waals surface area contributed by atoms with Crippen LogP contribution in [-0.2, 0) is 9.53 Å². The number of nitrogens with one attached hydrogen (secondary N) is 1. The summed E-state index contributed by atoms with van der Waals surface area (Å²) in [4.78, 5) is 30.9. The van der Waals surface area contributed by atoms with E-state index in [0.29, 0.717) is 5.69 Å². The lowest BCUT2D eigenvalue weighted by atomic mass is 10.3. The van der Waals surface area contributed by atoms with Gasteiger partial charge in [-0.3, -0.25) is 9.78 Å². The van der Waals surface area contributed by atoms with Crippen LogP contribution in [0.4, 0.5) is 10.1 Å². The van der Waals surface area contributed by atoms with E-state index in [0.717, 1.165) is 6.07 Å². The first-order valence-corrected chi connectivity index (χ1v) is 6.06. The summed E-state index contributed by atoms with van der Waals surface area (Å²) >= 11 is 0. The van der Waals surface area contributed by atoms with Gasteiger partial charge in [0.15, 0.2) is 12.3 Å². The summed E-state index contributed by atoms with van der Waals surface area (Å²) in [6.45, 7) is 1.24. The van der Waals surface area contributed by atoms with E-state index >= 15 is 0 Å². The van der Waals surface area contributed by atoms with E-state index in [2.05, 4.69) is 15.3 Å². The number of aromatic nitrogens is 2. The molecule has 0 fully saturated rings. The molecule has 1 aromatic heterocycles. The molecule has 1 heterocycles. The molecule has 7 heteroatoms. The van der Waals surface area contributed by atoms with Crippen LogP contribution in [0.3, 0.4) is 0 Å². The lowest BCUT2D eigenvalue weighted by Gasteiger charge is -2.06. The van der Waals surface area contributed by atoms with Gasteiger partial charge in [-0.05, 0) is 25.1 Å². The Labute approximate surface area is 120 Å². The Bertz CT molecular complexity index is 659. The molecule has 21 heavy (non-hydrogen) atoms. The average Bonchev–Trinajstić information content (AvgIpc) is 2.45. The third kappa shape index (κ3) is 4.34. The minimum Gasteiger partial charge on any atom is -0.451 e. The van der Waals surface area contributed by atoms with Crippen molar-refractivity contribution in [3.8, 4) is 0 Å². The topological polar surface area (TPSA) is 81.2 Å². The number of nitrogens with zero attached hydrogens (tertiary/aromatic N) is 2. The van der Waals surface area contributed by atoms with Crippen LogP contribution in [0.25, 0.3) is 0 Å². The second-order valence-electron chi connectivity index (χ2n) is 4.18. The molecule has 0 aliphatic heterocycles. The van der Waals surface area contributed by atoms with Crippen molar-refractivity contribution >= 4 is 17.6 Å². The fourth-order valence-corrected chi connectivity index (χ4v) is 1.47. The van der Waals surface area contributed by atoms with Gasteiger partial charge in [0.1, 0.15) is 5.82 Å². The number of benzene rings is 1. The van der Waals surface area contributed by atoms with E-state index in [1.165, 1.54) is 30.6 Å². The van der Waals surface area contributed by atoms with Gasteiger partial charge in [0.05, 0.1) is 11.9 Å². The first-order valence-electron chi connectivity index (χ1n) is 6.06. The Morgan fingerprint density at radius 1 is 1.29 bits per heavy atom. The molecular weight excluding hydrogens is 277 g/mol. The fourth-order valence-electron chi connectivity index (χ4n) is 1.47. The van der Waals surface area contributed by atoms with Crippen molar-refractivity contribution in [3.63, 3.8) is 0 Å². The van der Waals surface area contributed by atoms with Crippen LogP contribution >= 0.6 is 0 Å². The molecule has 1 amide bonds. The maximum Gasteiger partial charge on any atom is 0.359 e. The van der Waals surface area contributed by atoms with E-state index in [-0.39, 0.29) is 11.4 Å². The second-order valence-corrected chi connectivity index (χ2v) is 4.18. The largest absolute Gasteiger partial charge is 0.451 e. The molecule has 0 bridgehead atoms. The summed E-state index contributed by atoms with van der Waals surface area (Å²) in [6, 6.07) is 5.39. The summed E-state index contributed by atoms with van der Waals surface area (Å²) in [5, 5.41) is 2.41. The molecule has 0 saturated carbocycles. The van der Waals surface area contributed by atoms with Crippen LogP contribution in [-0.4, -0.2) is 28.5 Å². The first-order chi connectivity index (χ1) is 10.0. The SMILES string of the molecule is Cc1cnc(C(=O)OCC(=O)Nc2cccc(F)c2)cn1. The van der Waals surface area contributed by atoms with Crippen molar-refractivity contribution in [2.24, 2.45) is 0 Å². The number of hydrogen-bond donors (Lipinski definition) is 1. The zero-order valence-corrected chi connectivity index (χ0v) is 11.2. The lowest BCUT2D eigenvalue weighted by molar-refractivity contribution is -0.119. The van der Waals surface area contributed by atoms with Crippen LogP contribution in [0.2, 0.25) is 0 Å². The summed E-state index contributed by atoms with van der Waals surface area (Å²) in [7, 11) is 0. The van der Waals surface area contributed by atoms with Crippen LogP contribution in [0.5, 0.6) is 0 Å². The summed E-state index contributed by atoms with van der Waals surface area (Å²) < 4.78 is 17.7. The molecule has 6 nitrogen and oxygen atoms in total. The van der Waals surface area contributed by atoms with Gasteiger partial charge in [-0.1, -0.05) is 6.07 Å². The Morgan fingerprint density at radius 2 is 2.10 bits per heavy atom. The van der Waals surface area contributed by atoms with E-state index < -0.39 is 24.3 Å². The van der Waals surface area contributed by atoms with Gasteiger partial charge >= 0.3 is 5.97 Å². The van der Waals surface area contributed by atoms with Crippen molar-refractivity contribution in [1.29, 1.82) is 0 Å². The highest BCUT2D eigenvalue weighted by atomic mass is 19.1. The zero-order valence-electron chi connectivity index (χ0n) is 11.2. The predicted octanol–water partition coefficient (Wildman–Crippen LogP) is 1.72. The van der Waals surface area contributed by atoms with Crippen LogP contribution in [0, 0.1) is 12.7 Å². The van der Waals surface area contributed by atoms with E-state index in [4.69, 9.17) is 4.74 Å². The van der Waals surface area contributed by atoms with Crippen LogP contribution in [0.15, 0.2) is 36.7 Å². The molecular formula is C14H12FN3O3. The number of halogens is 1. The Hall–Kier alpha value is -2.83. The predicted molar refractivity (Wildman–Crippen MR) is 72.1 cm³/mol. The van der Waals surface area contributed by atoms with Crippen molar-refractivity contribution < 1.29 is 18.7 Å². The summed E-state index contributed by atoms with van der Waals surface area (Å²) in [5.41, 5.74) is 0.959. The third-order valence-electron chi connectivity index (χ3n) is 2.43. The molecule has 2 aromatic rings. The Balaban J connectivity index is 1.86. The van der Waals surface area contributed by atoms with Gasteiger partial charge in [-0.25, -0.2) is 14.2 Å². The van der Waals surface area contributed by atoms with Gasteiger partial charge in [-0.2, -0.15) is 0 Å². The number of hydrogen-bond acceptors (Lipinski definition) is 5. The fraction of sp³-hybridized carbons (Fsp3) is 0.143. The highest BCUT2D eigenvalue weighted by Crippen LogP contribution is 2.08. The minimum absolute atomic E-state index is 0.0131. The normalized spacial score (nSPS) is 10.0. The number of carbonyl (C=O) groups excluding carboxylic acids is 2. The second kappa shape index (κ2) is 6.56. The van der Waals surface area contributed by atoms with Crippen LogP contribution < -0.4 is 5.32 Å². The van der Waals surface area contributed by atoms with Gasteiger partial charge in [-0.15, -0.1) is 0 Å². The number of amides is 1. The van der Waals surface area contributed by atoms with Gasteiger partial charge in [0.25, 0.3) is 5.91 Å². The van der Waals surface area contributed by atoms with E-state index in [9.17, 15) is 14.0 Å². The zero-order chi connectivity index (χ0) is 15.2. The highest BCUT2D eigenvalue weighted by Gasteiger charge is 2.12. The number of ether oxygens (including phenoxy) is 1. The van der Waals surface area contributed by atoms with Gasteiger partial charge in [0.2, 0.25) is 0 Å². The maximum absolute atomic E-state index is 12.9. The number of esters is 1. The lowest BCUT2D eigenvalue weighted by Crippen LogP contribution is -2.21. The van der Waals surface area contributed by atoms with E-state index in [1.54, 1.807) is 6.92 Å². The molecule has 2 rings (SSSR count). The first kappa shape index (κ1) is 14.6. The molecule has 0 radical (unpaired) electrons. The minimum atomic E-state index is -0.753. The molecule has 0 aliphatic rings. The Kier molecular flexibility index (Phi) is 4.55. The van der Waals surface area contributed by atoms with Crippen LogP contribution in [0.1, 0.15) is 16.2 Å². The van der Waals surface area contributed by atoms with Crippen molar-refractivity contribution in [2.75, 3.05) is 11.9 Å². The smallest absolute Gasteiger partial charge is 0.359 e. The molecule has 108 valence electrons. The average molecular weight is 289 g/mol. The van der Waals surface area contributed by atoms with Crippen molar-refractivity contribution in [3.05, 3.63) is 53.9 Å². The van der Waals surface area contributed by atoms with Crippen molar-refractivity contribution in [1.82, 2.24) is 9.97 Å².